The molecule has 0 unspecified atom stereocenters. The number of imidazole rings is 1. The van der Waals surface area contributed by atoms with Gasteiger partial charge in [-0.25, -0.2) is 4.98 Å². The summed E-state index contributed by atoms with van der Waals surface area (Å²) >= 11 is 0. The Bertz CT molecular complexity index is 3770. The van der Waals surface area contributed by atoms with E-state index < -0.39 is 18.2 Å². The van der Waals surface area contributed by atoms with Crippen molar-refractivity contribution in [3.05, 3.63) is 216 Å². The van der Waals surface area contributed by atoms with Crippen LogP contribution >= 0.6 is 0 Å². The number of hydrogen-bond acceptors (Lipinski definition) is 3. The fourth-order valence-corrected chi connectivity index (χ4v) is 9.90. The van der Waals surface area contributed by atoms with Crippen molar-refractivity contribution in [2.45, 2.75) is 85.9 Å². The largest absolute Gasteiger partial charge is 0.507 e. The van der Waals surface area contributed by atoms with E-state index >= 15 is 0 Å². The predicted octanol–water partition coefficient (Wildman–Crippen LogP) is 17.9. The van der Waals surface area contributed by atoms with Gasteiger partial charge in [0, 0.05) is 44.0 Å². The van der Waals surface area contributed by atoms with Crippen molar-refractivity contribution in [3.8, 4) is 89.7 Å². The van der Waals surface area contributed by atoms with Gasteiger partial charge in [0.1, 0.15) is 11.6 Å². The van der Waals surface area contributed by atoms with Crippen LogP contribution in [0.25, 0.3) is 95.0 Å². The summed E-state index contributed by atoms with van der Waals surface area (Å²) < 4.78 is 38.3. The number of pyridine rings is 1. The number of aryl methyl sites for hydroxylation is 2. The van der Waals surface area contributed by atoms with Gasteiger partial charge >= 0.3 is 0 Å². The number of para-hydroxylation sites is 1. The smallest absolute Gasteiger partial charge is 0.148 e. The van der Waals surface area contributed by atoms with E-state index in [0.717, 1.165) is 89.1 Å². The topological polar surface area (TPSA) is 50.9 Å². The van der Waals surface area contributed by atoms with Gasteiger partial charge in [0.05, 0.1) is 22.3 Å². The molecule has 0 atom stereocenters. The monoisotopic (exact) mass is 1120 g/mol. The van der Waals surface area contributed by atoms with Gasteiger partial charge in [0.2, 0.25) is 0 Å². The number of rotatable bonds is 9. The van der Waals surface area contributed by atoms with Gasteiger partial charge in [0.25, 0.3) is 0 Å². The molecule has 0 spiro atoms. The molecule has 0 aliphatic carbocycles. The summed E-state index contributed by atoms with van der Waals surface area (Å²) in [5.74, 6) is -0.209. The molecule has 10 rings (SSSR count). The third-order valence-electron chi connectivity index (χ3n) is 13.6. The number of aromatic hydroxyl groups is 1. The molecule has 0 saturated heterocycles. The van der Waals surface area contributed by atoms with Gasteiger partial charge in [0.15, 0.2) is 0 Å². The Morgan fingerprint density at radius 3 is 1.90 bits per heavy atom. The Morgan fingerprint density at radius 1 is 0.583 bits per heavy atom. The zero-order valence-electron chi connectivity index (χ0n) is 46.4. The van der Waals surface area contributed by atoms with Crippen molar-refractivity contribution in [2.24, 2.45) is 0 Å². The Morgan fingerprint density at radius 2 is 1.22 bits per heavy atom. The van der Waals surface area contributed by atoms with Crippen LogP contribution in [-0.2, 0) is 31.9 Å². The first-order valence-corrected chi connectivity index (χ1v) is 24.5. The van der Waals surface area contributed by atoms with Gasteiger partial charge in [-0.15, -0.1) is 23.8 Å². The molecule has 72 heavy (non-hydrogen) atoms. The van der Waals surface area contributed by atoms with E-state index in [0.29, 0.717) is 28.1 Å². The van der Waals surface area contributed by atoms with E-state index in [1.54, 1.807) is 0 Å². The third-order valence-corrected chi connectivity index (χ3v) is 13.6. The molecule has 8 aromatic carbocycles. The van der Waals surface area contributed by atoms with Crippen molar-refractivity contribution in [1.82, 2.24) is 14.5 Å². The number of aromatic nitrogens is 3. The van der Waals surface area contributed by atoms with Crippen molar-refractivity contribution in [3.63, 3.8) is 0 Å². The minimum atomic E-state index is -2.57. The van der Waals surface area contributed by atoms with Gasteiger partial charge in [-0.05, 0) is 122 Å². The predicted molar refractivity (Wildman–Crippen MR) is 298 cm³/mol. The number of benzene rings is 8. The zero-order chi connectivity index (χ0) is 53.2. The van der Waals surface area contributed by atoms with Crippen molar-refractivity contribution in [1.29, 1.82) is 0 Å². The van der Waals surface area contributed by atoms with E-state index in [1.807, 2.05) is 135 Å². The Balaban J connectivity index is 0.00000706. The molecule has 0 radical (unpaired) electrons. The summed E-state index contributed by atoms with van der Waals surface area (Å²) in [5, 5.41) is 12.4. The molecule has 2 aromatic heterocycles. The molecule has 0 saturated carbocycles. The zero-order valence-corrected chi connectivity index (χ0v) is 44.7. The molecule has 1 N–H and O–H groups in total. The molecule has 5 heteroatoms. The van der Waals surface area contributed by atoms with Gasteiger partial charge in [-0.2, -0.15) is 0 Å². The maximum absolute atomic E-state index is 12.4. The molecular weight excluding hydrogens is 1060 g/mol. The van der Waals surface area contributed by atoms with E-state index in [1.165, 1.54) is 0 Å². The van der Waals surface area contributed by atoms with E-state index in [4.69, 9.17) is 11.3 Å². The molecule has 0 amide bonds. The second kappa shape index (κ2) is 19.8. The average Bonchev–Trinajstić information content (AvgIpc) is 3.79. The van der Waals surface area contributed by atoms with Crippen LogP contribution in [0.4, 0.5) is 0 Å². The van der Waals surface area contributed by atoms with Crippen LogP contribution in [0.3, 0.4) is 0 Å². The van der Waals surface area contributed by atoms with Crippen LogP contribution in [0, 0.1) is 19.8 Å². The molecule has 10 aromatic rings. The maximum atomic E-state index is 12.4. The number of phenolic OH excluding ortho intramolecular Hbond substituents is 1. The normalized spacial score (nSPS) is 13.0. The van der Waals surface area contributed by atoms with Crippen LogP contribution in [0.1, 0.15) is 94.6 Å². The molecule has 2 heterocycles. The third kappa shape index (κ3) is 9.66. The second-order valence-corrected chi connectivity index (χ2v) is 21.0. The molecule has 0 fully saturated rings. The van der Waals surface area contributed by atoms with Crippen LogP contribution in [0.2, 0.25) is 0 Å². The van der Waals surface area contributed by atoms with Crippen LogP contribution in [0.5, 0.6) is 5.75 Å². The number of phenols is 1. The van der Waals surface area contributed by atoms with Crippen molar-refractivity contribution in [2.75, 3.05) is 0 Å². The first-order valence-electron chi connectivity index (χ1n) is 26.5. The Hall–Kier alpha value is -7.13. The summed E-state index contributed by atoms with van der Waals surface area (Å²) in [6, 6.07) is 62.8. The van der Waals surface area contributed by atoms with Crippen molar-refractivity contribution >= 4 is 11.0 Å². The van der Waals surface area contributed by atoms with Crippen LogP contribution < -0.4 is 0 Å². The van der Waals surface area contributed by atoms with Gasteiger partial charge in [-0.3, -0.25) is 9.55 Å². The Labute approximate surface area is 446 Å². The minimum absolute atomic E-state index is 0. The fraction of sp³-hybridized carbons (Fsp3) is 0.194. The van der Waals surface area contributed by atoms with Gasteiger partial charge < -0.3 is 5.11 Å². The first kappa shape index (κ1) is 44.8. The molecule has 0 bridgehead atoms. The number of hydrogen-bond donors (Lipinski definition) is 1. The molecule has 4 nitrogen and oxygen atoms in total. The van der Waals surface area contributed by atoms with Crippen LogP contribution in [-0.4, -0.2) is 19.6 Å². The first-order chi connectivity index (χ1) is 35.5. The number of nitrogens with zero attached hydrogens (tertiary/aromatic N) is 3. The van der Waals surface area contributed by atoms with E-state index in [-0.39, 0.29) is 37.8 Å². The quantitative estimate of drug-likeness (QED) is 0.147. The van der Waals surface area contributed by atoms with E-state index in [9.17, 15) is 9.22 Å². The molecular formula is C67H62N3OPt-. The standard InChI is InChI=1S/C67H62N3O.Pt/c1-42(2)45-27-29-47(30-28-45)49-33-34-68-59(41-49)53-39-51(46-19-13-11-14-20-46)38-52(40-53)55-24-18-26-61-63(55)69-65(56-35-43(3)36-58(64(56)71)67(8,9)10)70(61)60-32-31-50(37-44(60)4)62-54(48-21-15-12-16-22-48)23-17-25-57(62)66(5,6)7;/h11-39,41-42,71H,1-10H3;/q-1;/i4D3,42D;. The van der Waals surface area contributed by atoms with E-state index in [2.05, 4.69) is 120 Å². The van der Waals surface area contributed by atoms with Crippen molar-refractivity contribution < 1.29 is 31.7 Å². The number of fused-ring (bicyclic) bond motifs is 1. The SMILES string of the molecule is [2H]C([2H])([2H])c1cc(-c2c(-c3ccccc3)cccc2C(C)(C)C)ccc1-n1c(-c2cc(C)cc(C(C)(C)C)c2O)nc2c(-c3[c-]c(-c4cc(-c5ccc(C([2H])(C)C)cc5)ccn4)cc(-c4ccccc4)c3)cccc21.[Pt]. The summed E-state index contributed by atoms with van der Waals surface area (Å²) in [6.45, 7) is 16.0. The average molecular weight is 1120 g/mol. The maximum Gasteiger partial charge on any atom is 0.148 e. The minimum Gasteiger partial charge on any atom is -0.507 e. The molecule has 0 aliphatic rings. The summed E-state index contributed by atoms with van der Waals surface area (Å²) in [6.07, 6.45) is 1.82. The summed E-state index contributed by atoms with van der Waals surface area (Å²) in [4.78, 5) is 10.4. The summed E-state index contributed by atoms with van der Waals surface area (Å²) in [5.41, 5.74) is 16.3. The van der Waals surface area contributed by atoms with Crippen LogP contribution in [0.15, 0.2) is 182 Å². The second-order valence-electron chi connectivity index (χ2n) is 21.0. The van der Waals surface area contributed by atoms with Gasteiger partial charge in [-0.1, -0.05) is 206 Å². The molecule has 362 valence electrons. The fourth-order valence-electron chi connectivity index (χ4n) is 9.90. The summed E-state index contributed by atoms with van der Waals surface area (Å²) in [7, 11) is 0. The Kier molecular flexibility index (Phi) is 12.3. The molecule has 0 aliphatic heterocycles.